The van der Waals surface area contributed by atoms with E-state index in [1.807, 2.05) is 0 Å². The Labute approximate surface area is 128 Å². The van der Waals surface area contributed by atoms with E-state index in [9.17, 15) is 8.78 Å². The van der Waals surface area contributed by atoms with E-state index >= 15 is 0 Å². The van der Waals surface area contributed by atoms with E-state index in [2.05, 4.69) is 0 Å². The number of benzene rings is 2. The summed E-state index contributed by atoms with van der Waals surface area (Å²) in [6.07, 6.45) is 0.605. The van der Waals surface area contributed by atoms with Gasteiger partial charge in [0.15, 0.2) is 0 Å². The minimum Gasteiger partial charge on any atom is -0.496 e. The lowest BCUT2D eigenvalue weighted by molar-refractivity contribution is 0.296. The van der Waals surface area contributed by atoms with Crippen molar-refractivity contribution in [3.05, 3.63) is 59.7 Å². The summed E-state index contributed by atoms with van der Waals surface area (Å²) in [5, 5.41) is 0. The lowest BCUT2D eigenvalue weighted by Gasteiger charge is -2.18. The lowest BCUT2D eigenvalue weighted by Crippen LogP contribution is -2.16. The molecule has 0 aliphatic carbocycles. The largest absolute Gasteiger partial charge is 0.496 e. The van der Waals surface area contributed by atoms with Gasteiger partial charge in [0.25, 0.3) is 0 Å². The Kier molecular flexibility index (Phi) is 5.72. The molecule has 0 aliphatic heterocycles. The third kappa shape index (κ3) is 4.18. The molecule has 0 heterocycles. The highest BCUT2D eigenvalue weighted by Crippen LogP contribution is 2.29. The second-order valence-electron chi connectivity index (χ2n) is 4.91. The first-order valence-electron chi connectivity index (χ1n) is 7.06. The average Bonchev–Trinajstić information content (AvgIpc) is 2.53. The zero-order valence-corrected chi connectivity index (χ0v) is 12.4. The summed E-state index contributed by atoms with van der Waals surface area (Å²) in [4.78, 5) is 0. The fourth-order valence-electron chi connectivity index (χ4n) is 2.27. The zero-order valence-electron chi connectivity index (χ0n) is 12.4. The second-order valence-corrected chi connectivity index (χ2v) is 4.91. The van der Waals surface area contributed by atoms with Gasteiger partial charge in [0.2, 0.25) is 0 Å². The fraction of sp³-hybridized carbons (Fsp3) is 0.294. The molecule has 22 heavy (non-hydrogen) atoms. The van der Waals surface area contributed by atoms with E-state index in [1.54, 1.807) is 25.3 Å². The molecule has 0 saturated carbocycles. The van der Waals surface area contributed by atoms with Crippen LogP contribution in [0.5, 0.6) is 11.5 Å². The van der Waals surface area contributed by atoms with Gasteiger partial charge < -0.3 is 15.2 Å². The van der Waals surface area contributed by atoms with Crippen molar-refractivity contribution in [1.82, 2.24) is 0 Å². The summed E-state index contributed by atoms with van der Waals surface area (Å²) in [7, 11) is 1.54. The van der Waals surface area contributed by atoms with E-state index in [-0.39, 0.29) is 17.6 Å². The number of hydrogen-bond acceptors (Lipinski definition) is 3. The molecule has 0 saturated heterocycles. The second kappa shape index (κ2) is 7.75. The molecule has 0 radical (unpaired) electrons. The number of methoxy groups -OCH3 is 1. The van der Waals surface area contributed by atoms with Crippen molar-refractivity contribution in [3.63, 3.8) is 0 Å². The molecule has 0 aromatic heterocycles. The molecule has 3 nitrogen and oxygen atoms in total. The standard InChI is InChI=1S/C17H19F2NO2/c1-21-17-7-4-14(19)10-16(17)12(11-20)8-9-22-15-5-2-13(18)3-6-15/h2-7,10,12H,8-9,11,20H2,1H3. The van der Waals surface area contributed by atoms with Crippen molar-refractivity contribution < 1.29 is 18.3 Å². The molecular formula is C17H19F2NO2. The van der Waals surface area contributed by atoms with Gasteiger partial charge in [0, 0.05) is 11.5 Å². The maximum atomic E-state index is 13.4. The SMILES string of the molecule is COc1ccc(F)cc1C(CN)CCOc1ccc(F)cc1. The van der Waals surface area contributed by atoms with Crippen LogP contribution in [0.1, 0.15) is 17.9 Å². The first kappa shape index (κ1) is 16.2. The number of hydrogen-bond donors (Lipinski definition) is 1. The van der Waals surface area contributed by atoms with Crippen LogP contribution in [0.15, 0.2) is 42.5 Å². The normalized spacial score (nSPS) is 12.0. The summed E-state index contributed by atoms with van der Waals surface area (Å²) >= 11 is 0. The summed E-state index contributed by atoms with van der Waals surface area (Å²) in [6.45, 7) is 0.750. The Balaban J connectivity index is 2.00. The predicted molar refractivity (Wildman–Crippen MR) is 81.3 cm³/mol. The third-order valence-electron chi connectivity index (χ3n) is 3.46. The van der Waals surface area contributed by atoms with E-state index in [0.717, 1.165) is 5.56 Å². The van der Waals surface area contributed by atoms with Crippen molar-refractivity contribution >= 4 is 0 Å². The van der Waals surface area contributed by atoms with Gasteiger partial charge in [-0.15, -0.1) is 0 Å². The predicted octanol–water partition coefficient (Wildman–Crippen LogP) is 3.48. The van der Waals surface area contributed by atoms with Crippen LogP contribution in [-0.4, -0.2) is 20.3 Å². The Morgan fingerprint density at radius 3 is 2.36 bits per heavy atom. The lowest BCUT2D eigenvalue weighted by atomic mass is 9.95. The topological polar surface area (TPSA) is 44.5 Å². The molecule has 0 aliphatic rings. The van der Waals surface area contributed by atoms with Crippen LogP contribution < -0.4 is 15.2 Å². The maximum absolute atomic E-state index is 13.4. The van der Waals surface area contributed by atoms with Crippen molar-refractivity contribution in [1.29, 1.82) is 0 Å². The molecule has 118 valence electrons. The molecule has 0 fully saturated rings. The molecule has 1 unspecified atom stereocenters. The highest BCUT2D eigenvalue weighted by Gasteiger charge is 2.16. The minimum atomic E-state index is -0.325. The van der Waals surface area contributed by atoms with Crippen molar-refractivity contribution in [3.8, 4) is 11.5 Å². The first-order chi connectivity index (χ1) is 10.6. The maximum Gasteiger partial charge on any atom is 0.123 e. The average molecular weight is 307 g/mol. The molecular weight excluding hydrogens is 288 g/mol. The smallest absolute Gasteiger partial charge is 0.123 e. The minimum absolute atomic E-state index is 0.0777. The van der Waals surface area contributed by atoms with E-state index in [1.165, 1.54) is 24.3 Å². The van der Waals surface area contributed by atoms with Gasteiger partial charge in [0.1, 0.15) is 23.1 Å². The third-order valence-corrected chi connectivity index (χ3v) is 3.46. The summed E-state index contributed by atoms with van der Waals surface area (Å²) < 4.78 is 37.1. The van der Waals surface area contributed by atoms with Gasteiger partial charge in [-0.05, 0) is 55.4 Å². The number of ether oxygens (including phenoxy) is 2. The monoisotopic (exact) mass is 307 g/mol. The Morgan fingerprint density at radius 1 is 1.05 bits per heavy atom. The highest BCUT2D eigenvalue weighted by atomic mass is 19.1. The highest BCUT2D eigenvalue weighted by molar-refractivity contribution is 5.37. The number of nitrogens with two attached hydrogens (primary N) is 1. The van der Waals surface area contributed by atoms with Crippen molar-refractivity contribution in [2.75, 3.05) is 20.3 Å². The quantitative estimate of drug-likeness (QED) is 0.851. The zero-order chi connectivity index (χ0) is 15.9. The van der Waals surface area contributed by atoms with Crippen molar-refractivity contribution in [2.24, 2.45) is 5.73 Å². The number of halogens is 2. The molecule has 0 spiro atoms. The van der Waals surface area contributed by atoms with Crippen LogP contribution in [0.3, 0.4) is 0 Å². The molecule has 2 aromatic rings. The molecule has 2 aromatic carbocycles. The number of rotatable bonds is 7. The van der Waals surface area contributed by atoms with Crippen LogP contribution >= 0.6 is 0 Å². The summed E-state index contributed by atoms with van der Waals surface area (Å²) in [6, 6.07) is 10.2. The van der Waals surface area contributed by atoms with Gasteiger partial charge in [-0.3, -0.25) is 0 Å². The molecule has 0 amide bonds. The molecule has 0 bridgehead atoms. The van der Waals surface area contributed by atoms with Crippen LogP contribution in [0.4, 0.5) is 8.78 Å². The Morgan fingerprint density at radius 2 is 1.73 bits per heavy atom. The Bertz CT molecular complexity index is 602. The molecule has 5 heteroatoms. The van der Waals surface area contributed by atoms with Gasteiger partial charge in [0.05, 0.1) is 13.7 Å². The molecule has 2 rings (SSSR count). The Hall–Kier alpha value is -2.14. The van der Waals surface area contributed by atoms with E-state index in [4.69, 9.17) is 15.2 Å². The van der Waals surface area contributed by atoms with Crippen molar-refractivity contribution in [2.45, 2.75) is 12.3 Å². The van der Waals surface area contributed by atoms with Gasteiger partial charge >= 0.3 is 0 Å². The fourth-order valence-corrected chi connectivity index (χ4v) is 2.27. The van der Waals surface area contributed by atoms with Gasteiger partial charge in [-0.2, -0.15) is 0 Å². The van der Waals surface area contributed by atoms with Crippen LogP contribution in [0.25, 0.3) is 0 Å². The van der Waals surface area contributed by atoms with Crippen LogP contribution in [0.2, 0.25) is 0 Å². The molecule has 2 N–H and O–H groups in total. The van der Waals surface area contributed by atoms with E-state index in [0.29, 0.717) is 31.1 Å². The van der Waals surface area contributed by atoms with Crippen LogP contribution in [-0.2, 0) is 0 Å². The first-order valence-corrected chi connectivity index (χ1v) is 7.06. The summed E-state index contributed by atoms with van der Waals surface area (Å²) in [5.74, 6) is 0.485. The van der Waals surface area contributed by atoms with Gasteiger partial charge in [-0.25, -0.2) is 8.78 Å². The summed E-state index contributed by atoms with van der Waals surface area (Å²) in [5.41, 5.74) is 6.52. The molecule has 1 atom stereocenters. The van der Waals surface area contributed by atoms with E-state index < -0.39 is 0 Å². The van der Waals surface area contributed by atoms with Crippen LogP contribution in [0, 0.1) is 11.6 Å². The van der Waals surface area contributed by atoms with Gasteiger partial charge in [-0.1, -0.05) is 0 Å².